The molecule has 0 bridgehead atoms. The third-order valence-corrected chi connectivity index (χ3v) is 3.70. The van der Waals surface area contributed by atoms with Gasteiger partial charge in [0.2, 0.25) is 0 Å². The summed E-state index contributed by atoms with van der Waals surface area (Å²) in [6, 6.07) is 8.94. The van der Waals surface area contributed by atoms with Gasteiger partial charge in [0.05, 0.1) is 0 Å². The molecule has 0 aromatic heterocycles. The van der Waals surface area contributed by atoms with Gasteiger partial charge in [-0.25, -0.2) is 0 Å². The van der Waals surface area contributed by atoms with Gasteiger partial charge in [-0.2, -0.15) is 0 Å². The molecule has 0 spiro atoms. The Bertz CT molecular complexity index is 373. The highest BCUT2D eigenvalue weighted by atomic mass is 79.9. The molecule has 0 nitrogen and oxygen atoms in total. The van der Waals surface area contributed by atoms with E-state index in [0.29, 0.717) is 4.83 Å². The molecule has 0 aliphatic heterocycles. The molecular weight excluding hydrogens is 248 g/mol. The number of benzene rings is 1. The monoisotopic (exact) mass is 264 g/mol. The molecule has 1 atom stereocenters. The summed E-state index contributed by atoms with van der Waals surface area (Å²) < 4.78 is 0. The third kappa shape index (κ3) is 2.94. The van der Waals surface area contributed by atoms with Crippen LogP contribution in [0.4, 0.5) is 0 Å². The van der Waals surface area contributed by atoms with Crippen LogP contribution in [0, 0.1) is 0 Å². The van der Waals surface area contributed by atoms with Gasteiger partial charge in [-0.1, -0.05) is 51.8 Å². The quantitative estimate of drug-likeness (QED) is 0.692. The second-order valence-corrected chi connectivity index (χ2v) is 5.82. The topological polar surface area (TPSA) is 0 Å². The van der Waals surface area contributed by atoms with Gasteiger partial charge in [0.1, 0.15) is 0 Å². The first kappa shape index (κ1) is 10.9. The second kappa shape index (κ2) is 4.52. The zero-order chi connectivity index (χ0) is 10.8. The van der Waals surface area contributed by atoms with Crippen molar-refractivity contribution in [1.29, 1.82) is 0 Å². The van der Waals surface area contributed by atoms with Gasteiger partial charge in [-0.3, -0.25) is 0 Å². The highest BCUT2D eigenvalue weighted by molar-refractivity contribution is 9.09. The van der Waals surface area contributed by atoms with Gasteiger partial charge in [0.15, 0.2) is 0 Å². The lowest BCUT2D eigenvalue weighted by atomic mass is 10.0. The smallest absolute Gasteiger partial charge is 0.0326 e. The van der Waals surface area contributed by atoms with E-state index in [0.717, 1.165) is 5.92 Å². The van der Waals surface area contributed by atoms with Gasteiger partial charge in [-0.15, -0.1) is 0 Å². The Morgan fingerprint density at radius 3 is 2.80 bits per heavy atom. The first-order valence-corrected chi connectivity index (χ1v) is 6.50. The molecule has 1 aliphatic rings. The fraction of sp³-hybridized carbons (Fsp3) is 0.429. The number of hydrogen-bond acceptors (Lipinski definition) is 0. The molecule has 2 rings (SSSR count). The van der Waals surface area contributed by atoms with Gasteiger partial charge >= 0.3 is 0 Å². The van der Waals surface area contributed by atoms with E-state index in [-0.39, 0.29) is 0 Å². The van der Waals surface area contributed by atoms with Crippen molar-refractivity contribution in [2.24, 2.45) is 0 Å². The molecule has 0 radical (unpaired) electrons. The molecule has 1 aliphatic carbocycles. The maximum atomic E-state index is 3.59. The van der Waals surface area contributed by atoms with Gasteiger partial charge in [-0.05, 0) is 43.7 Å². The Morgan fingerprint density at radius 2 is 2.20 bits per heavy atom. The van der Waals surface area contributed by atoms with Crippen LogP contribution in [0.15, 0.2) is 29.8 Å². The van der Waals surface area contributed by atoms with Crippen LogP contribution in [0.1, 0.15) is 43.7 Å². The van der Waals surface area contributed by atoms with Gasteiger partial charge < -0.3 is 0 Å². The van der Waals surface area contributed by atoms with E-state index in [1.807, 2.05) is 0 Å². The largest absolute Gasteiger partial charge is 0.0845 e. The van der Waals surface area contributed by atoms with Crippen molar-refractivity contribution in [3.63, 3.8) is 0 Å². The number of alkyl halides is 1. The van der Waals surface area contributed by atoms with E-state index >= 15 is 0 Å². The lowest BCUT2D eigenvalue weighted by Crippen LogP contribution is -1.91. The molecule has 1 fully saturated rings. The zero-order valence-corrected chi connectivity index (χ0v) is 10.9. The van der Waals surface area contributed by atoms with Crippen LogP contribution in [0.25, 0.3) is 6.08 Å². The molecule has 1 aromatic rings. The SMILES string of the molecule is C/C(=C\c1cccc(C2CC2)c1)C(C)Br. The van der Waals surface area contributed by atoms with Crippen LogP contribution in [0.3, 0.4) is 0 Å². The lowest BCUT2D eigenvalue weighted by Gasteiger charge is -2.04. The van der Waals surface area contributed by atoms with Gasteiger partial charge in [0, 0.05) is 4.83 Å². The maximum absolute atomic E-state index is 3.59. The van der Waals surface area contributed by atoms with Crippen LogP contribution >= 0.6 is 15.9 Å². The van der Waals surface area contributed by atoms with E-state index < -0.39 is 0 Å². The molecule has 15 heavy (non-hydrogen) atoms. The molecule has 1 unspecified atom stereocenters. The maximum Gasteiger partial charge on any atom is 0.0326 e. The Labute approximate surface area is 101 Å². The van der Waals surface area contributed by atoms with Crippen LogP contribution < -0.4 is 0 Å². The third-order valence-electron chi connectivity index (χ3n) is 2.98. The number of rotatable bonds is 3. The molecule has 80 valence electrons. The van der Waals surface area contributed by atoms with Crippen LogP contribution in [-0.2, 0) is 0 Å². The lowest BCUT2D eigenvalue weighted by molar-refractivity contribution is 1.12. The number of halogens is 1. The average Bonchev–Trinajstić information content (AvgIpc) is 3.01. The summed E-state index contributed by atoms with van der Waals surface area (Å²) in [7, 11) is 0. The summed E-state index contributed by atoms with van der Waals surface area (Å²) in [5, 5.41) is 0. The Kier molecular flexibility index (Phi) is 3.30. The average molecular weight is 265 g/mol. The van der Waals surface area contributed by atoms with Crippen molar-refractivity contribution in [3.8, 4) is 0 Å². The summed E-state index contributed by atoms with van der Waals surface area (Å²) in [4.78, 5) is 0.460. The van der Waals surface area contributed by atoms with E-state index in [1.54, 1.807) is 0 Å². The molecular formula is C14H17Br. The van der Waals surface area contributed by atoms with Gasteiger partial charge in [0.25, 0.3) is 0 Å². The van der Waals surface area contributed by atoms with E-state index in [4.69, 9.17) is 0 Å². The standard InChI is InChI=1S/C14H17Br/c1-10(11(2)15)8-12-4-3-5-14(9-12)13-6-7-13/h3-5,8-9,11,13H,6-7H2,1-2H3/b10-8+. The Morgan fingerprint density at radius 1 is 1.47 bits per heavy atom. The van der Waals surface area contributed by atoms with Crippen molar-refractivity contribution >= 4 is 22.0 Å². The van der Waals surface area contributed by atoms with Crippen molar-refractivity contribution in [2.45, 2.75) is 37.4 Å². The fourth-order valence-electron chi connectivity index (χ4n) is 1.70. The van der Waals surface area contributed by atoms with E-state index in [1.165, 1.54) is 29.5 Å². The first-order chi connectivity index (χ1) is 7.16. The highest BCUT2D eigenvalue weighted by Gasteiger charge is 2.23. The molecule has 1 heteroatoms. The molecule has 1 saturated carbocycles. The summed E-state index contributed by atoms with van der Waals surface area (Å²) in [6.45, 7) is 4.33. The van der Waals surface area contributed by atoms with Crippen molar-refractivity contribution in [1.82, 2.24) is 0 Å². The summed E-state index contributed by atoms with van der Waals surface area (Å²) in [5.41, 5.74) is 4.23. The second-order valence-electron chi connectivity index (χ2n) is 4.45. The zero-order valence-electron chi connectivity index (χ0n) is 9.33. The van der Waals surface area contributed by atoms with E-state index in [9.17, 15) is 0 Å². The Balaban J connectivity index is 2.21. The minimum atomic E-state index is 0.460. The van der Waals surface area contributed by atoms with Crippen molar-refractivity contribution < 1.29 is 0 Å². The highest BCUT2D eigenvalue weighted by Crippen LogP contribution is 2.40. The molecule has 0 amide bonds. The minimum Gasteiger partial charge on any atom is -0.0845 e. The summed E-state index contributed by atoms with van der Waals surface area (Å²) in [6.07, 6.45) is 5.02. The van der Waals surface area contributed by atoms with Crippen LogP contribution in [0.5, 0.6) is 0 Å². The molecule has 0 heterocycles. The number of allylic oxidation sites excluding steroid dienone is 1. The normalized spacial score (nSPS) is 19.0. The summed E-state index contributed by atoms with van der Waals surface area (Å²) in [5.74, 6) is 0.847. The first-order valence-electron chi connectivity index (χ1n) is 5.59. The predicted octanol–water partition coefficient (Wildman–Crippen LogP) is 4.75. The van der Waals surface area contributed by atoms with Crippen LogP contribution in [0.2, 0.25) is 0 Å². The summed E-state index contributed by atoms with van der Waals surface area (Å²) >= 11 is 3.59. The van der Waals surface area contributed by atoms with Crippen molar-refractivity contribution in [2.75, 3.05) is 0 Å². The number of hydrogen-bond donors (Lipinski definition) is 0. The van der Waals surface area contributed by atoms with Crippen LogP contribution in [-0.4, -0.2) is 4.83 Å². The van der Waals surface area contributed by atoms with Crippen molar-refractivity contribution in [3.05, 3.63) is 41.0 Å². The van der Waals surface area contributed by atoms with E-state index in [2.05, 4.69) is 60.1 Å². The Hall–Kier alpha value is -0.560. The minimum absolute atomic E-state index is 0.460. The predicted molar refractivity (Wildman–Crippen MR) is 70.5 cm³/mol. The molecule has 0 N–H and O–H groups in total. The molecule has 1 aromatic carbocycles. The molecule has 0 saturated heterocycles. The fourth-order valence-corrected chi connectivity index (χ4v) is 1.83.